The first kappa shape index (κ1) is 10.2. The molecule has 14 heavy (non-hydrogen) atoms. The Hall–Kier alpha value is -0.290. The van der Waals surface area contributed by atoms with Crippen molar-refractivity contribution in [2.45, 2.75) is 31.5 Å². The Morgan fingerprint density at radius 1 is 1.14 bits per heavy atom. The Morgan fingerprint density at radius 3 is 2.29 bits per heavy atom. The van der Waals surface area contributed by atoms with E-state index in [1.54, 1.807) is 0 Å². The summed E-state index contributed by atoms with van der Waals surface area (Å²) in [7, 11) is 0. The lowest BCUT2D eigenvalue weighted by molar-refractivity contribution is -0.153. The summed E-state index contributed by atoms with van der Waals surface area (Å²) >= 11 is 0. The predicted octanol–water partition coefficient (Wildman–Crippen LogP) is 1.28. The van der Waals surface area contributed by atoms with Crippen LogP contribution in [0.15, 0.2) is 0 Å². The van der Waals surface area contributed by atoms with E-state index in [0.717, 1.165) is 25.9 Å². The van der Waals surface area contributed by atoms with Crippen LogP contribution >= 0.6 is 0 Å². The number of hydrogen-bond donors (Lipinski definition) is 2. The topological polar surface area (TPSA) is 24.1 Å². The molecule has 5 heteroatoms. The third-order valence-electron chi connectivity index (χ3n) is 3.42. The van der Waals surface area contributed by atoms with Gasteiger partial charge in [-0.15, -0.1) is 0 Å². The molecule has 0 bridgehead atoms. The number of hydrogen-bond acceptors (Lipinski definition) is 2. The van der Waals surface area contributed by atoms with Gasteiger partial charge in [-0.1, -0.05) is 0 Å². The van der Waals surface area contributed by atoms with Crippen molar-refractivity contribution in [2.24, 2.45) is 5.41 Å². The fourth-order valence-corrected chi connectivity index (χ4v) is 2.49. The average molecular weight is 208 g/mol. The first-order chi connectivity index (χ1) is 6.52. The van der Waals surface area contributed by atoms with Crippen molar-refractivity contribution in [1.82, 2.24) is 10.6 Å². The fourth-order valence-electron chi connectivity index (χ4n) is 2.49. The Kier molecular flexibility index (Phi) is 2.47. The van der Waals surface area contributed by atoms with Gasteiger partial charge in [0.05, 0.1) is 0 Å². The van der Waals surface area contributed by atoms with Gasteiger partial charge in [-0.2, -0.15) is 13.2 Å². The number of alkyl halides is 3. The molecule has 0 unspecified atom stereocenters. The first-order valence-corrected chi connectivity index (χ1v) is 5.03. The van der Waals surface area contributed by atoms with Gasteiger partial charge in [-0.25, -0.2) is 0 Å². The third-order valence-corrected chi connectivity index (χ3v) is 3.42. The molecule has 1 atom stereocenters. The zero-order valence-electron chi connectivity index (χ0n) is 7.95. The van der Waals surface area contributed by atoms with Crippen molar-refractivity contribution < 1.29 is 13.2 Å². The van der Waals surface area contributed by atoms with E-state index in [0.29, 0.717) is 6.54 Å². The van der Waals surface area contributed by atoms with Crippen molar-refractivity contribution in [1.29, 1.82) is 0 Å². The Bertz CT molecular complexity index is 209. The van der Waals surface area contributed by atoms with Crippen molar-refractivity contribution in [3.05, 3.63) is 0 Å². The van der Waals surface area contributed by atoms with E-state index in [1.165, 1.54) is 0 Å². The minimum absolute atomic E-state index is 0.0918. The summed E-state index contributed by atoms with van der Waals surface area (Å²) in [5.74, 6) is 0. The van der Waals surface area contributed by atoms with Crippen molar-refractivity contribution in [3.8, 4) is 0 Å². The standard InChI is InChI=1S/C9H15F3N2/c10-9(11,12)7-5-8(6-14-7)1-3-13-4-2-8/h7,13-14H,1-6H2/t7-/m0/s1. The monoisotopic (exact) mass is 208 g/mol. The van der Waals surface area contributed by atoms with Gasteiger partial charge in [0, 0.05) is 6.54 Å². The van der Waals surface area contributed by atoms with E-state index in [-0.39, 0.29) is 11.8 Å². The molecule has 0 amide bonds. The number of piperidine rings is 1. The molecular formula is C9H15F3N2. The van der Waals surface area contributed by atoms with Gasteiger partial charge >= 0.3 is 6.18 Å². The van der Waals surface area contributed by atoms with E-state index in [1.807, 2.05) is 0 Å². The van der Waals surface area contributed by atoms with Crippen LogP contribution in [0.4, 0.5) is 13.2 Å². The molecule has 2 aliphatic rings. The van der Waals surface area contributed by atoms with E-state index >= 15 is 0 Å². The lowest BCUT2D eigenvalue weighted by Crippen LogP contribution is -2.38. The average Bonchev–Trinajstić information content (AvgIpc) is 2.50. The van der Waals surface area contributed by atoms with Gasteiger partial charge in [-0.3, -0.25) is 0 Å². The summed E-state index contributed by atoms with van der Waals surface area (Å²) in [4.78, 5) is 0. The van der Waals surface area contributed by atoms with Crippen molar-refractivity contribution in [2.75, 3.05) is 19.6 Å². The second-order valence-electron chi connectivity index (χ2n) is 4.43. The summed E-state index contributed by atoms with van der Waals surface area (Å²) in [5.41, 5.74) is -0.0918. The first-order valence-electron chi connectivity index (χ1n) is 5.03. The van der Waals surface area contributed by atoms with Crippen LogP contribution in [0.25, 0.3) is 0 Å². The van der Waals surface area contributed by atoms with Crippen molar-refractivity contribution >= 4 is 0 Å². The highest BCUT2D eigenvalue weighted by molar-refractivity contribution is 4.98. The second kappa shape index (κ2) is 3.38. The zero-order valence-corrected chi connectivity index (χ0v) is 7.95. The van der Waals surface area contributed by atoms with Crippen LogP contribution in [-0.2, 0) is 0 Å². The normalized spacial score (nSPS) is 32.4. The molecule has 82 valence electrons. The van der Waals surface area contributed by atoms with Gasteiger partial charge in [0.15, 0.2) is 0 Å². The smallest absolute Gasteiger partial charge is 0.317 e. The zero-order chi connectivity index (χ0) is 10.2. The van der Waals surface area contributed by atoms with Crippen LogP contribution in [-0.4, -0.2) is 31.9 Å². The minimum atomic E-state index is -4.08. The van der Waals surface area contributed by atoms with Gasteiger partial charge in [-0.05, 0) is 37.8 Å². The van der Waals surface area contributed by atoms with Crippen molar-refractivity contribution in [3.63, 3.8) is 0 Å². The summed E-state index contributed by atoms with van der Waals surface area (Å²) in [6, 6.07) is -1.28. The highest BCUT2D eigenvalue weighted by Crippen LogP contribution is 2.41. The molecule has 2 heterocycles. The molecule has 2 fully saturated rings. The quantitative estimate of drug-likeness (QED) is 0.626. The van der Waals surface area contributed by atoms with Gasteiger partial charge < -0.3 is 10.6 Å². The molecule has 0 aromatic carbocycles. The molecule has 0 aliphatic carbocycles. The Labute approximate surface area is 81.2 Å². The molecule has 0 saturated carbocycles. The molecule has 2 nitrogen and oxygen atoms in total. The van der Waals surface area contributed by atoms with Gasteiger partial charge in [0.25, 0.3) is 0 Å². The van der Waals surface area contributed by atoms with Crippen LogP contribution in [0, 0.1) is 5.41 Å². The van der Waals surface area contributed by atoms with Crippen LogP contribution in [0.3, 0.4) is 0 Å². The van der Waals surface area contributed by atoms with E-state index < -0.39 is 12.2 Å². The molecule has 2 saturated heterocycles. The molecule has 2 aliphatic heterocycles. The molecule has 2 rings (SSSR count). The number of nitrogens with one attached hydrogen (secondary N) is 2. The highest BCUT2D eigenvalue weighted by Gasteiger charge is 2.50. The van der Waals surface area contributed by atoms with E-state index in [2.05, 4.69) is 10.6 Å². The van der Waals surface area contributed by atoms with Crippen LogP contribution < -0.4 is 10.6 Å². The van der Waals surface area contributed by atoms with E-state index in [4.69, 9.17) is 0 Å². The summed E-state index contributed by atoms with van der Waals surface area (Å²) in [6.45, 7) is 2.23. The molecular weight excluding hydrogens is 193 g/mol. The molecule has 1 spiro atoms. The van der Waals surface area contributed by atoms with Crippen LogP contribution in [0.1, 0.15) is 19.3 Å². The highest BCUT2D eigenvalue weighted by atomic mass is 19.4. The largest absolute Gasteiger partial charge is 0.403 e. The molecule has 0 aromatic heterocycles. The van der Waals surface area contributed by atoms with Gasteiger partial charge in [0.2, 0.25) is 0 Å². The van der Waals surface area contributed by atoms with Crippen LogP contribution in [0.2, 0.25) is 0 Å². The number of rotatable bonds is 0. The predicted molar refractivity (Wildman–Crippen MR) is 47.0 cm³/mol. The fraction of sp³-hybridized carbons (Fsp3) is 1.00. The summed E-state index contributed by atoms with van der Waals surface area (Å²) in [5, 5.41) is 5.78. The van der Waals surface area contributed by atoms with Gasteiger partial charge in [0.1, 0.15) is 6.04 Å². The SMILES string of the molecule is FC(F)(F)[C@@H]1CC2(CCNCC2)CN1. The maximum absolute atomic E-state index is 12.4. The molecule has 2 N–H and O–H groups in total. The van der Waals surface area contributed by atoms with Crippen LogP contribution in [0.5, 0.6) is 0 Å². The Morgan fingerprint density at radius 2 is 1.79 bits per heavy atom. The Balaban J connectivity index is 1.99. The third kappa shape index (κ3) is 1.88. The minimum Gasteiger partial charge on any atom is -0.317 e. The number of halogens is 3. The van der Waals surface area contributed by atoms with E-state index in [9.17, 15) is 13.2 Å². The molecule has 0 radical (unpaired) electrons. The maximum atomic E-state index is 12.4. The summed E-state index contributed by atoms with van der Waals surface area (Å²) < 4.78 is 37.3. The lowest BCUT2D eigenvalue weighted by atomic mass is 9.77. The lowest BCUT2D eigenvalue weighted by Gasteiger charge is -2.33. The summed E-state index contributed by atoms with van der Waals surface area (Å²) in [6.07, 6.45) is -2.08. The maximum Gasteiger partial charge on any atom is 0.403 e. The molecule has 0 aromatic rings. The second-order valence-corrected chi connectivity index (χ2v) is 4.43.